The molecule has 12 heteroatoms. The molecule has 8 fully saturated rings. The molecule has 334 valence electrons. The molecule has 64 heavy (non-hydrogen) atoms. The minimum absolute atomic E-state index is 0.0200. The van der Waals surface area contributed by atoms with Crippen molar-refractivity contribution in [3.8, 4) is 0 Å². The Bertz CT molecular complexity index is 2300. The van der Waals surface area contributed by atoms with E-state index in [2.05, 4.69) is 66.7 Å². The number of hydrogen-bond acceptors (Lipinski definition) is 8. The molecule has 12 nitrogen and oxygen atoms in total. The molecule has 10 aliphatic heterocycles. The van der Waals surface area contributed by atoms with Crippen molar-refractivity contribution in [2.24, 2.45) is 23.7 Å². The predicted octanol–water partition coefficient (Wildman–Crippen LogP) is 6.20. The van der Waals surface area contributed by atoms with Gasteiger partial charge in [0.15, 0.2) is 0 Å². The minimum atomic E-state index is -0.113. The molecule has 0 aromatic heterocycles. The Labute approximate surface area is 375 Å². The summed E-state index contributed by atoms with van der Waals surface area (Å²) in [6.07, 6.45) is 16.5. The zero-order chi connectivity index (χ0) is 42.6. The van der Waals surface area contributed by atoms with E-state index < -0.39 is 0 Å². The van der Waals surface area contributed by atoms with Gasteiger partial charge >= 0.3 is 0 Å². The van der Waals surface area contributed by atoms with Gasteiger partial charge in [-0.1, -0.05) is 49.0 Å². The number of carbonyl (C=O) groups excluding carboxylic acids is 4. The number of piperidine rings is 4. The van der Waals surface area contributed by atoms with Crippen LogP contribution in [0, 0.1) is 23.7 Å². The summed E-state index contributed by atoms with van der Waals surface area (Å²) < 4.78 is 12.8. The number of ether oxygens (including phenoxy) is 2. The molecule has 14 rings (SSSR count). The summed E-state index contributed by atoms with van der Waals surface area (Å²) in [6.45, 7) is 5.35. The number of carbonyl (C=O) groups is 4. The number of hydrogen-bond donors (Lipinski definition) is 2. The van der Waals surface area contributed by atoms with Crippen LogP contribution in [0.5, 0.6) is 0 Å². The van der Waals surface area contributed by atoms with Crippen molar-refractivity contribution < 1.29 is 28.7 Å². The standard InChI is InChI=1S/C52H60N6O6/c59-43(53-31-9-11-37-35(21-31)51-15-17-55-27-29-13-19-63-39-25-45(61)57(37)49(51)47(39)33(29)23-41(51)55)7-5-3-1-2-4-6-8-44(60)54-32-10-12-38-36(22-32)52-16-18-56-28-30-14-20-64-40-26-46(62)58(38)50(52)48(40)34(30)24-42(52)56/h9-14,21-22,33-34,39-42,47-50H,1-8,15-20,23-28H2,(H,53,59)(H,54,60)/t33-,34-,39-,40-,41-,42-,47-,48-,49-,50-,51+,52+/m0/s1. The fourth-order valence-electron chi connectivity index (χ4n) is 17.0. The van der Waals surface area contributed by atoms with Crippen molar-refractivity contribution in [1.82, 2.24) is 9.80 Å². The van der Waals surface area contributed by atoms with E-state index in [9.17, 15) is 19.2 Å². The normalized spacial score (nSPS) is 38.6. The van der Waals surface area contributed by atoms with Crippen molar-refractivity contribution in [1.29, 1.82) is 0 Å². The molecule has 2 saturated carbocycles. The molecule has 12 atom stereocenters. The number of nitrogens with one attached hydrogen (secondary N) is 2. The lowest BCUT2D eigenvalue weighted by Gasteiger charge is -2.58. The second kappa shape index (κ2) is 14.1. The van der Waals surface area contributed by atoms with Gasteiger partial charge in [-0.15, -0.1) is 0 Å². The van der Waals surface area contributed by atoms with Crippen molar-refractivity contribution in [2.75, 3.05) is 59.8 Å². The van der Waals surface area contributed by atoms with Crippen LogP contribution >= 0.6 is 0 Å². The van der Waals surface area contributed by atoms with Gasteiger partial charge in [0, 0.05) is 83.4 Å². The highest BCUT2D eigenvalue weighted by molar-refractivity contribution is 6.01. The third kappa shape index (κ3) is 5.20. The van der Waals surface area contributed by atoms with Crippen molar-refractivity contribution in [3.05, 3.63) is 70.8 Å². The largest absolute Gasteiger partial charge is 0.373 e. The first-order valence-electron chi connectivity index (χ1n) is 24.9. The summed E-state index contributed by atoms with van der Waals surface area (Å²) in [6, 6.07) is 13.7. The monoisotopic (exact) mass is 864 g/mol. The van der Waals surface area contributed by atoms with Gasteiger partial charge in [0.2, 0.25) is 23.6 Å². The third-order valence-electron chi connectivity index (χ3n) is 19.2. The first-order chi connectivity index (χ1) is 31.3. The lowest BCUT2D eigenvalue weighted by molar-refractivity contribution is -0.133. The second-order valence-corrected chi connectivity index (χ2v) is 21.7. The lowest BCUT2D eigenvalue weighted by atomic mass is 9.53. The molecular formula is C52H60N6O6. The average molecular weight is 865 g/mol. The smallest absolute Gasteiger partial charge is 0.229 e. The van der Waals surface area contributed by atoms with Gasteiger partial charge in [-0.3, -0.25) is 29.0 Å². The van der Waals surface area contributed by atoms with E-state index in [1.807, 2.05) is 12.1 Å². The molecule has 10 heterocycles. The molecule has 2 N–H and O–H groups in total. The first kappa shape index (κ1) is 38.9. The molecule has 2 aromatic rings. The van der Waals surface area contributed by atoms with Crippen LogP contribution in [-0.2, 0) is 39.5 Å². The maximum Gasteiger partial charge on any atom is 0.229 e. The van der Waals surface area contributed by atoms with Crippen LogP contribution in [-0.4, -0.2) is 109 Å². The van der Waals surface area contributed by atoms with Crippen LogP contribution in [0.25, 0.3) is 0 Å². The molecule has 2 aliphatic carbocycles. The van der Waals surface area contributed by atoms with Gasteiger partial charge < -0.3 is 29.9 Å². The van der Waals surface area contributed by atoms with Crippen LogP contribution in [0.4, 0.5) is 22.7 Å². The Hall–Kier alpha value is -4.36. The van der Waals surface area contributed by atoms with Gasteiger partial charge in [0.25, 0.3) is 0 Å². The van der Waals surface area contributed by atoms with E-state index in [1.54, 1.807) is 0 Å². The molecule has 12 aliphatic rings. The van der Waals surface area contributed by atoms with Crippen molar-refractivity contribution in [2.45, 2.75) is 137 Å². The molecular weight excluding hydrogens is 805 g/mol. The minimum Gasteiger partial charge on any atom is -0.373 e. The Kier molecular flexibility index (Phi) is 8.55. The zero-order valence-corrected chi connectivity index (χ0v) is 36.8. The Balaban J connectivity index is 0.570. The van der Waals surface area contributed by atoms with E-state index in [0.29, 0.717) is 74.7 Å². The lowest BCUT2D eigenvalue weighted by Crippen LogP contribution is -2.69. The predicted molar refractivity (Wildman–Crippen MR) is 241 cm³/mol. The summed E-state index contributed by atoms with van der Waals surface area (Å²) >= 11 is 0. The number of nitrogens with zero attached hydrogens (tertiary/aromatic N) is 4. The molecule has 4 amide bonds. The Morgan fingerprint density at radius 1 is 0.625 bits per heavy atom. The van der Waals surface area contributed by atoms with E-state index in [4.69, 9.17) is 9.47 Å². The van der Waals surface area contributed by atoms with Crippen LogP contribution in [0.2, 0.25) is 0 Å². The van der Waals surface area contributed by atoms with E-state index >= 15 is 0 Å². The summed E-state index contributed by atoms with van der Waals surface area (Å²) in [4.78, 5) is 63.9. The summed E-state index contributed by atoms with van der Waals surface area (Å²) in [7, 11) is 0. The molecule has 2 aromatic carbocycles. The highest BCUT2D eigenvalue weighted by Gasteiger charge is 2.72. The maximum absolute atomic E-state index is 13.8. The topological polar surface area (TPSA) is 124 Å². The molecule has 4 bridgehead atoms. The Morgan fingerprint density at radius 3 is 1.55 bits per heavy atom. The van der Waals surface area contributed by atoms with Gasteiger partial charge in [0.05, 0.1) is 50.3 Å². The quantitative estimate of drug-likeness (QED) is 0.203. The fourth-order valence-corrected chi connectivity index (χ4v) is 17.0. The highest BCUT2D eigenvalue weighted by Crippen LogP contribution is 2.68. The number of rotatable bonds is 11. The second-order valence-electron chi connectivity index (χ2n) is 21.7. The first-order valence-corrected chi connectivity index (χ1v) is 24.9. The van der Waals surface area contributed by atoms with Crippen LogP contribution in [0.1, 0.15) is 101 Å². The number of benzene rings is 2. The molecule has 2 spiro atoms. The Morgan fingerprint density at radius 2 is 1.08 bits per heavy atom. The zero-order valence-electron chi connectivity index (χ0n) is 36.8. The molecule has 0 radical (unpaired) electrons. The van der Waals surface area contributed by atoms with Gasteiger partial charge in [-0.2, -0.15) is 0 Å². The highest BCUT2D eigenvalue weighted by atomic mass is 16.5. The summed E-state index contributed by atoms with van der Waals surface area (Å²) in [5.41, 5.74) is 9.11. The van der Waals surface area contributed by atoms with Gasteiger partial charge in [-0.05, 0) is 111 Å². The maximum atomic E-state index is 13.8. The SMILES string of the molecule is O=C(CCCCCCCCC(=O)Nc1ccc2c(c1)[C@@]13CCN4CC5=CCO[C@H]6CC(=O)N2[C@H]1[C@H]6[C@H]5C[C@H]43)Nc1ccc2c(c1)[C@@]13CCN4CC5=CCO[C@H]6CC(=O)N2[C@H]1[C@H]6[C@H]5C[C@H]43. The van der Waals surface area contributed by atoms with Crippen molar-refractivity contribution in [3.63, 3.8) is 0 Å². The molecule has 0 unspecified atom stereocenters. The van der Waals surface area contributed by atoms with Crippen molar-refractivity contribution >= 4 is 46.4 Å². The number of anilines is 4. The average Bonchev–Trinajstić information content (AvgIpc) is 3.97. The van der Waals surface area contributed by atoms with Gasteiger partial charge in [-0.25, -0.2) is 0 Å². The number of fused-ring (bicyclic) bond motifs is 4. The van der Waals surface area contributed by atoms with Crippen LogP contribution < -0.4 is 20.4 Å². The summed E-state index contributed by atoms with van der Waals surface area (Å²) in [5.74, 6) is 2.06. The van der Waals surface area contributed by atoms with E-state index in [-0.39, 0.29) is 58.8 Å². The van der Waals surface area contributed by atoms with E-state index in [1.165, 1.54) is 22.3 Å². The van der Waals surface area contributed by atoms with E-state index in [0.717, 1.165) is 113 Å². The third-order valence-corrected chi connectivity index (χ3v) is 19.2. The van der Waals surface area contributed by atoms with Crippen LogP contribution in [0.15, 0.2) is 59.7 Å². The summed E-state index contributed by atoms with van der Waals surface area (Å²) in [5, 5.41) is 6.46. The molecule has 6 saturated heterocycles. The van der Waals surface area contributed by atoms with Crippen LogP contribution in [0.3, 0.4) is 0 Å². The number of unbranched alkanes of at least 4 members (excludes halogenated alkanes) is 5. The fraction of sp³-hybridized carbons (Fsp3) is 0.615. The van der Waals surface area contributed by atoms with Gasteiger partial charge in [0.1, 0.15) is 0 Å². The number of amides is 4.